The van der Waals surface area contributed by atoms with Gasteiger partial charge in [0.05, 0.1) is 5.69 Å². The summed E-state index contributed by atoms with van der Waals surface area (Å²) in [6, 6.07) is 5.72. The van der Waals surface area contributed by atoms with Gasteiger partial charge >= 0.3 is 6.18 Å². The summed E-state index contributed by atoms with van der Waals surface area (Å²) in [5.74, 6) is 0.200. The van der Waals surface area contributed by atoms with Gasteiger partial charge in [0, 0.05) is 5.69 Å². The topological polar surface area (TPSA) is 30.7 Å². The Kier molecular flexibility index (Phi) is 3.59. The summed E-state index contributed by atoms with van der Waals surface area (Å²) in [4.78, 5) is 3.65. The fourth-order valence-electron chi connectivity index (χ4n) is 1.80. The molecule has 2 aromatic rings. The van der Waals surface area contributed by atoms with E-state index in [4.69, 9.17) is 0 Å². The monoisotopic (exact) mass is 269 g/mol. The SMILES string of the molecule is CCc1cc(CC)n(-c2cccc(C(F)(F)F)n2)n1. The Bertz CT molecular complexity index is 573. The van der Waals surface area contributed by atoms with Crippen molar-refractivity contribution in [3.63, 3.8) is 0 Å². The van der Waals surface area contributed by atoms with Crippen molar-refractivity contribution in [2.75, 3.05) is 0 Å². The number of rotatable bonds is 3. The molecule has 0 saturated carbocycles. The number of pyridine rings is 1. The summed E-state index contributed by atoms with van der Waals surface area (Å²) in [5.41, 5.74) is 0.792. The van der Waals surface area contributed by atoms with Crippen molar-refractivity contribution in [2.24, 2.45) is 0 Å². The number of aromatic nitrogens is 3. The summed E-state index contributed by atoms with van der Waals surface area (Å²) in [5, 5.41) is 4.28. The van der Waals surface area contributed by atoms with Crippen molar-refractivity contribution in [3.05, 3.63) is 41.3 Å². The minimum Gasteiger partial charge on any atom is -0.224 e. The van der Waals surface area contributed by atoms with Gasteiger partial charge in [-0.05, 0) is 31.0 Å². The van der Waals surface area contributed by atoms with Crippen molar-refractivity contribution < 1.29 is 13.2 Å². The van der Waals surface area contributed by atoms with Crippen LogP contribution in [0.5, 0.6) is 0 Å². The lowest BCUT2D eigenvalue weighted by Gasteiger charge is -2.09. The molecule has 0 aliphatic rings. The number of alkyl halides is 3. The van der Waals surface area contributed by atoms with Crippen LogP contribution in [0.15, 0.2) is 24.3 Å². The first-order valence-corrected chi connectivity index (χ1v) is 6.08. The quantitative estimate of drug-likeness (QED) is 0.854. The molecular weight excluding hydrogens is 255 g/mol. The van der Waals surface area contributed by atoms with Crippen LogP contribution in [0.2, 0.25) is 0 Å². The molecule has 0 aromatic carbocycles. The Morgan fingerprint density at radius 2 is 1.89 bits per heavy atom. The van der Waals surface area contributed by atoms with Crippen molar-refractivity contribution in [3.8, 4) is 5.82 Å². The van der Waals surface area contributed by atoms with Gasteiger partial charge in [0.2, 0.25) is 0 Å². The van der Waals surface area contributed by atoms with E-state index in [0.29, 0.717) is 6.42 Å². The van der Waals surface area contributed by atoms with Crippen LogP contribution in [-0.4, -0.2) is 14.8 Å². The van der Waals surface area contributed by atoms with Gasteiger partial charge in [-0.25, -0.2) is 9.67 Å². The summed E-state index contributed by atoms with van der Waals surface area (Å²) in [6.07, 6.45) is -3.02. The summed E-state index contributed by atoms with van der Waals surface area (Å²) >= 11 is 0. The summed E-state index contributed by atoms with van der Waals surface area (Å²) < 4.78 is 39.4. The number of hydrogen-bond donors (Lipinski definition) is 0. The highest BCUT2D eigenvalue weighted by molar-refractivity contribution is 5.29. The highest BCUT2D eigenvalue weighted by Gasteiger charge is 2.32. The maximum Gasteiger partial charge on any atom is 0.433 e. The molecular formula is C13H14F3N3. The lowest BCUT2D eigenvalue weighted by atomic mass is 10.2. The molecule has 2 heterocycles. The van der Waals surface area contributed by atoms with Crippen LogP contribution in [0.1, 0.15) is 30.9 Å². The first-order chi connectivity index (χ1) is 8.95. The molecule has 0 atom stereocenters. The van der Waals surface area contributed by atoms with Gasteiger partial charge in [0.1, 0.15) is 5.69 Å². The summed E-state index contributed by atoms with van der Waals surface area (Å²) in [7, 11) is 0. The molecule has 2 aromatic heterocycles. The van der Waals surface area contributed by atoms with Gasteiger partial charge in [-0.15, -0.1) is 0 Å². The third-order valence-corrected chi connectivity index (χ3v) is 2.80. The Balaban J connectivity index is 2.50. The van der Waals surface area contributed by atoms with E-state index in [1.54, 1.807) is 0 Å². The Hall–Kier alpha value is -1.85. The summed E-state index contributed by atoms with van der Waals surface area (Å²) in [6.45, 7) is 3.88. The second-order valence-corrected chi connectivity index (χ2v) is 4.12. The van der Waals surface area contributed by atoms with E-state index in [9.17, 15) is 13.2 Å². The standard InChI is InChI=1S/C13H14F3N3/c1-3-9-8-10(4-2)19(18-9)12-7-5-6-11(17-12)13(14,15)16/h5-8H,3-4H2,1-2H3. The zero-order valence-electron chi connectivity index (χ0n) is 10.7. The van der Waals surface area contributed by atoms with E-state index in [-0.39, 0.29) is 5.82 Å². The molecule has 0 aliphatic carbocycles. The van der Waals surface area contributed by atoms with Gasteiger partial charge in [-0.1, -0.05) is 19.9 Å². The maximum atomic E-state index is 12.6. The molecule has 2 rings (SSSR count). The zero-order chi connectivity index (χ0) is 14.0. The number of aryl methyl sites for hydroxylation is 2. The zero-order valence-corrected chi connectivity index (χ0v) is 10.7. The minimum absolute atomic E-state index is 0.200. The third kappa shape index (κ3) is 2.77. The highest BCUT2D eigenvalue weighted by Crippen LogP contribution is 2.28. The van der Waals surface area contributed by atoms with Crippen LogP contribution in [0.3, 0.4) is 0 Å². The van der Waals surface area contributed by atoms with Gasteiger partial charge < -0.3 is 0 Å². The normalized spacial score (nSPS) is 11.8. The Labute approximate surface area is 109 Å². The molecule has 0 unspecified atom stereocenters. The molecule has 0 spiro atoms. The van der Waals surface area contributed by atoms with E-state index >= 15 is 0 Å². The smallest absolute Gasteiger partial charge is 0.224 e. The van der Waals surface area contributed by atoms with Crippen LogP contribution in [0.25, 0.3) is 5.82 Å². The van der Waals surface area contributed by atoms with Crippen LogP contribution < -0.4 is 0 Å². The molecule has 0 N–H and O–H groups in total. The Morgan fingerprint density at radius 3 is 2.47 bits per heavy atom. The third-order valence-electron chi connectivity index (χ3n) is 2.80. The van der Waals surface area contributed by atoms with Crippen molar-refractivity contribution in [1.82, 2.24) is 14.8 Å². The lowest BCUT2D eigenvalue weighted by molar-refractivity contribution is -0.141. The van der Waals surface area contributed by atoms with E-state index < -0.39 is 11.9 Å². The number of nitrogens with zero attached hydrogens (tertiary/aromatic N) is 3. The molecule has 6 heteroatoms. The highest BCUT2D eigenvalue weighted by atomic mass is 19.4. The van der Waals surface area contributed by atoms with Crippen molar-refractivity contribution in [1.29, 1.82) is 0 Å². The minimum atomic E-state index is -4.44. The van der Waals surface area contributed by atoms with E-state index in [2.05, 4.69) is 10.1 Å². The predicted octanol–water partition coefficient (Wildman–Crippen LogP) is 3.41. The maximum absolute atomic E-state index is 12.6. The fourth-order valence-corrected chi connectivity index (χ4v) is 1.80. The van der Waals surface area contributed by atoms with Gasteiger partial charge in [-0.3, -0.25) is 0 Å². The number of hydrogen-bond acceptors (Lipinski definition) is 2. The first-order valence-electron chi connectivity index (χ1n) is 6.08. The van der Waals surface area contributed by atoms with Crippen molar-refractivity contribution in [2.45, 2.75) is 32.9 Å². The first kappa shape index (κ1) is 13.6. The molecule has 3 nitrogen and oxygen atoms in total. The van der Waals surface area contributed by atoms with E-state index in [0.717, 1.165) is 23.9 Å². The van der Waals surface area contributed by atoms with E-state index in [1.165, 1.54) is 16.8 Å². The Morgan fingerprint density at radius 1 is 1.16 bits per heavy atom. The second-order valence-electron chi connectivity index (χ2n) is 4.12. The predicted molar refractivity (Wildman–Crippen MR) is 65.1 cm³/mol. The molecule has 19 heavy (non-hydrogen) atoms. The lowest BCUT2D eigenvalue weighted by Crippen LogP contribution is -2.11. The molecule has 0 radical (unpaired) electrons. The molecule has 0 aliphatic heterocycles. The van der Waals surface area contributed by atoms with Crippen LogP contribution in [-0.2, 0) is 19.0 Å². The molecule has 102 valence electrons. The van der Waals surface area contributed by atoms with Crippen molar-refractivity contribution >= 4 is 0 Å². The molecule has 0 bridgehead atoms. The van der Waals surface area contributed by atoms with E-state index in [1.807, 2.05) is 19.9 Å². The average Bonchev–Trinajstić information content (AvgIpc) is 2.81. The van der Waals surface area contributed by atoms with Crippen LogP contribution in [0, 0.1) is 0 Å². The average molecular weight is 269 g/mol. The van der Waals surface area contributed by atoms with Gasteiger partial charge in [0.25, 0.3) is 0 Å². The fraction of sp³-hybridized carbons (Fsp3) is 0.385. The molecule has 0 amide bonds. The number of halogens is 3. The van der Waals surface area contributed by atoms with Crippen LogP contribution >= 0.6 is 0 Å². The molecule has 0 saturated heterocycles. The van der Waals surface area contributed by atoms with Gasteiger partial charge in [0.15, 0.2) is 5.82 Å². The molecule has 0 fully saturated rings. The van der Waals surface area contributed by atoms with Gasteiger partial charge in [-0.2, -0.15) is 18.3 Å². The van der Waals surface area contributed by atoms with Crippen LogP contribution in [0.4, 0.5) is 13.2 Å². The second kappa shape index (κ2) is 5.03. The largest absolute Gasteiger partial charge is 0.433 e.